The van der Waals surface area contributed by atoms with Crippen LogP contribution in [0.15, 0.2) is 455 Å². The Hall–Kier alpha value is -16.2. The van der Waals surface area contributed by atoms with E-state index >= 15 is 0 Å². The Morgan fingerprint density at radius 1 is 0.253 bits per heavy atom. The number of rotatable bonds is 11. The molecule has 0 atom stereocenters. The molecule has 0 bridgehead atoms. The number of benzene rings is 14. The van der Waals surface area contributed by atoms with Gasteiger partial charge < -0.3 is 14.4 Å². The van der Waals surface area contributed by atoms with Gasteiger partial charge in [0.05, 0.1) is 97.0 Å². The van der Waals surface area contributed by atoms with E-state index in [9.17, 15) is 0 Å². The third-order valence-corrected chi connectivity index (χ3v) is 28.6. The summed E-state index contributed by atoms with van der Waals surface area (Å²) in [7, 11) is -1.34. The van der Waals surface area contributed by atoms with Crippen LogP contribution in [-0.2, 0) is 0 Å². The van der Waals surface area contributed by atoms with Gasteiger partial charge in [0.15, 0.2) is 54.9 Å². The smallest absolute Gasteiger partial charge is 0.423 e. The molecule has 0 spiro atoms. The maximum atomic E-state index is 8.58. The Morgan fingerprint density at radius 2 is 0.567 bits per heavy atom. The quantitative estimate of drug-likeness (QED) is 0.114. The molecule has 726 valence electrons. The molecule has 0 fully saturated rings. The van der Waals surface area contributed by atoms with E-state index in [4.69, 9.17) is 74.8 Å². The third-order valence-electron chi connectivity index (χ3n) is 25.6. The van der Waals surface area contributed by atoms with E-state index in [1.807, 2.05) is 98.8 Å². The molecule has 150 heavy (non-hydrogen) atoms. The number of para-hydroxylation sites is 12. The summed E-state index contributed by atoms with van der Waals surface area (Å²) in [5, 5.41) is 25.9. The molecule has 33 heteroatoms. The van der Waals surface area contributed by atoms with Crippen molar-refractivity contribution in [2.24, 2.45) is 0 Å². The van der Waals surface area contributed by atoms with E-state index in [1.165, 1.54) is 21.5 Å². The average molecular weight is 2340 g/mol. The van der Waals surface area contributed by atoms with Crippen molar-refractivity contribution in [1.29, 1.82) is 0 Å². The highest BCUT2D eigenvalue weighted by atomic mass is 79.9. The predicted octanol–water partition coefficient (Wildman–Crippen LogP) is 29.7. The minimum Gasteiger partial charge on any atom is -0.423 e. The number of fused-ring (bicyclic) bond motifs is 16. The van der Waals surface area contributed by atoms with Gasteiger partial charge in [-0.05, 0) is 170 Å². The van der Waals surface area contributed by atoms with Crippen LogP contribution in [-0.4, -0.2) is 122 Å². The Labute approximate surface area is 912 Å². The lowest BCUT2D eigenvalue weighted by molar-refractivity contribution is 0.426. The molecule has 0 aliphatic carbocycles. The molecule has 0 aliphatic rings. The lowest BCUT2D eigenvalue weighted by Crippen LogP contribution is -2.29. The minimum absolute atomic E-state index is 0. The first-order valence-corrected chi connectivity index (χ1v) is 52.0. The second-order valence-electron chi connectivity index (χ2n) is 34.4. The molecule has 0 saturated carbocycles. The molecule has 0 unspecified atom stereocenters. The molecule has 0 radical (unpaired) electrons. The van der Waals surface area contributed by atoms with Gasteiger partial charge in [0.2, 0.25) is 0 Å². The van der Waals surface area contributed by atoms with Crippen molar-refractivity contribution in [3.63, 3.8) is 0 Å². The summed E-state index contributed by atoms with van der Waals surface area (Å²) in [4.78, 5) is 55.9. The van der Waals surface area contributed by atoms with Crippen LogP contribution in [0.1, 0.15) is 7.43 Å². The zero-order chi connectivity index (χ0) is 101. The van der Waals surface area contributed by atoms with Crippen LogP contribution in [0, 0.1) is 0 Å². The third kappa shape index (κ3) is 18.4. The van der Waals surface area contributed by atoms with Gasteiger partial charge in [-0.25, -0.2) is 59.8 Å². The van der Waals surface area contributed by atoms with E-state index in [-0.39, 0.29) is 7.43 Å². The highest BCUT2D eigenvalue weighted by molar-refractivity contribution is 9.11. The minimum atomic E-state index is -1.34. The second kappa shape index (κ2) is 41.8. The lowest BCUT2D eigenvalue weighted by Gasteiger charge is -2.13. The normalized spacial score (nSPS) is 11.3. The van der Waals surface area contributed by atoms with Gasteiger partial charge >= 0.3 is 7.12 Å². The van der Waals surface area contributed by atoms with Gasteiger partial charge in [-0.15, -0.1) is 0 Å². The maximum Gasteiger partial charge on any atom is 0.488 e. The summed E-state index contributed by atoms with van der Waals surface area (Å²) in [6.45, 7) is 0. The fourth-order valence-electron chi connectivity index (χ4n) is 18.9. The molecule has 15 heterocycles. The summed E-state index contributed by atoms with van der Waals surface area (Å²) < 4.78 is 24.2. The van der Waals surface area contributed by atoms with Crippen LogP contribution >= 0.6 is 114 Å². The van der Waals surface area contributed by atoms with Gasteiger partial charge in [-0.1, -0.05) is 321 Å². The first-order valence-electron chi connectivity index (χ1n) is 46.9. The Kier molecular flexibility index (Phi) is 27.1. The van der Waals surface area contributed by atoms with Crippen molar-refractivity contribution in [3.05, 3.63) is 471 Å². The fourth-order valence-corrected chi connectivity index (χ4v) is 22.1. The van der Waals surface area contributed by atoms with Crippen LogP contribution in [0.25, 0.3) is 201 Å². The second-order valence-corrected chi connectivity index (χ2v) is 39.5. The molecule has 29 rings (SSSR count). The summed E-state index contributed by atoms with van der Waals surface area (Å²) >= 11 is 35.4. The van der Waals surface area contributed by atoms with Crippen molar-refractivity contribution >= 4 is 243 Å². The molecule has 29 aromatic rings. The van der Waals surface area contributed by atoms with Crippen molar-refractivity contribution in [3.8, 4) is 85.4 Å². The molecule has 2 N–H and O–H groups in total. The highest BCUT2D eigenvalue weighted by Crippen LogP contribution is 2.42. The topological polar surface area (TPSA) is 242 Å². The monoisotopic (exact) mass is 2330 g/mol. The van der Waals surface area contributed by atoms with Gasteiger partial charge in [-0.3, -0.25) is 40.4 Å². The number of halogens is 8. The number of hydrogen-bond donors (Lipinski definition) is 2. The van der Waals surface area contributed by atoms with E-state index in [1.54, 1.807) is 59.7 Å². The van der Waals surface area contributed by atoms with E-state index < -0.39 is 7.12 Å². The molecular formula is C117H77BBr5Cl3N22O2. The zero-order valence-electron chi connectivity index (χ0n) is 77.8. The SMILES string of the molecule is Brc1cn2ccnc2c(Br)n1.C.Clc1cnc2c(-n3c4ccccc4c4ccccc43)nc(-c3ccc(-c4nc5ccccc5n4-c4ccccc4)cc3)cn12.Clc1cnc2c(-n3c4ccccc4c4ccccc43)nc(Br)cn12.Clc1cnc2c(Br)nc(Br)cn12.OB(O)c1ccccc1.c1ccc(-c2cnc3c(-n4c5ccccc5c5ccccc54)nc(-c4ccc(-c5nc6ccccc6n5-c5ccccc5)cc4)cn23)cc1. The number of aromatic nitrogens is 22. The standard InChI is InChI=1S/C43H28N6.C37H23ClN6.C18H10BrClN4.C6H7BO2.C6H2Br2ClN3.C6H3Br2N3.CH4/c1-3-13-30(14-4-1)40-27-44-42-43(49-37-20-10-7-17-33(37)34-18-8-11-21-38(34)49)46-36(28-47(40)42)29-23-25-31(26-24-29)41-45-35-19-9-12-22-39(35)48(41)32-15-5-2-6-16-32;38-34-22-39-36-37(44-31-15-7-4-12-27(31)28-13-5-8-16-32(28)44)41-30(23-42(34)36)24-18-20-25(21-19-24)35-40-29-14-6-9-17-33(29)43(35)26-10-2-1-3-11-26;19-15-10-23-16(20)9-21-17(23)18(22-15)24-13-7-3-1-5-11(13)12-6-2-4-8-14(12)24;8-7(9)6-4-2-1-3-5-6;7-3-2-12-4(9)1-10-6(12)5(8)11-3;7-4-3-11-2-1-9-6(11)5(8)10-4;/h1-28H;1-23H;1-10H;1-5,8-9H;1-2H;1-3H;1H4. The van der Waals surface area contributed by atoms with E-state index in [0.29, 0.717) is 46.0 Å². The Balaban J connectivity index is 0.000000110. The zero-order valence-corrected chi connectivity index (χ0v) is 88.0. The fraction of sp³-hybridized carbons (Fsp3) is 0.00855. The molecule has 0 aliphatic heterocycles. The van der Waals surface area contributed by atoms with Gasteiger partial charge in [0.1, 0.15) is 40.9 Å². The molecule has 24 nitrogen and oxygen atoms in total. The number of hydrogen-bond acceptors (Lipinski definition) is 14. The highest BCUT2D eigenvalue weighted by Gasteiger charge is 2.26. The molecule has 0 saturated heterocycles. The largest absolute Gasteiger partial charge is 0.488 e. The van der Waals surface area contributed by atoms with E-state index in [2.05, 4.69) is 428 Å². The summed E-state index contributed by atoms with van der Waals surface area (Å²) in [6.07, 6.45) is 19.9. The van der Waals surface area contributed by atoms with Crippen molar-refractivity contribution in [2.45, 2.75) is 7.43 Å². The van der Waals surface area contributed by atoms with Crippen LogP contribution in [0.3, 0.4) is 0 Å². The van der Waals surface area contributed by atoms with Crippen LogP contribution < -0.4 is 5.46 Å². The van der Waals surface area contributed by atoms with Crippen molar-refractivity contribution < 1.29 is 10.0 Å². The predicted molar refractivity (Wildman–Crippen MR) is 621 cm³/mol. The first kappa shape index (κ1) is 97.2. The van der Waals surface area contributed by atoms with Crippen LogP contribution in [0.4, 0.5) is 0 Å². The van der Waals surface area contributed by atoms with Gasteiger partial charge in [-0.2, -0.15) is 0 Å². The van der Waals surface area contributed by atoms with Crippen LogP contribution in [0.2, 0.25) is 15.5 Å². The molecule has 0 amide bonds. The Bertz CT molecular complexity index is 9960. The molecule has 15 aromatic heterocycles. The molecule has 14 aromatic carbocycles. The number of nitrogens with zero attached hydrogens (tertiary/aromatic N) is 22. The lowest BCUT2D eigenvalue weighted by atomic mass is 9.81. The van der Waals surface area contributed by atoms with Crippen molar-refractivity contribution in [2.75, 3.05) is 0 Å². The van der Waals surface area contributed by atoms with Gasteiger partial charge in [0, 0.05) is 115 Å². The van der Waals surface area contributed by atoms with Crippen molar-refractivity contribution in [1.82, 2.24) is 105 Å². The summed E-state index contributed by atoms with van der Waals surface area (Å²) in [5.41, 5.74) is 24.7. The summed E-state index contributed by atoms with van der Waals surface area (Å²) in [6, 6.07) is 124. The van der Waals surface area contributed by atoms with E-state index in [0.717, 1.165) is 177 Å². The Morgan fingerprint density at radius 3 is 0.980 bits per heavy atom. The average Bonchev–Trinajstić information content (AvgIpc) is 1.60. The number of imidazole rings is 7. The summed E-state index contributed by atoms with van der Waals surface area (Å²) in [5.74, 6) is 4.03. The van der Waals surface area contributed by atoms with Crippen LogP contribution in [0.5, 0.6) is 0 Å². The van der Waals surface area contributed by atoms with Gasteiger partial charge in [0.25, 0.3) is 0 Å². The first-order chi connectivity index (χ1) is 73.1. The maximum absolute atomic E-state index is 8.58. The molecular weight excluding hydrogens is 2260 g/mol.